The first-order chi connectivity index (χ1) is 8.81. The third-order valence-corrected chi connectivity index (χ3v) is 2.35. The molecule has 0 bridgehead atoms. The van der Waals surface area contributed by atoms with E-state index in [-0.39, 0.29) is 24.3 Å². The Kier molecular flexibility index (Phi) is 5.57. The number of benzene rings is 1. The van der Waals surface area contributed by atoms with Crippen LogP contribution in [0.1, 0.15) is 20.8 Å². The number of aliphatic hydroxyl groups excluding tert-OH is 2. The summed E-state index contributed by atoms with van der Waals surface area (Å²) in [4.78, 5) is 0. The molecule has 1 aromatic rings. The molecule has 5 heteroatoms. The quantitative estimate of drug-likeness (QED) is 0.740. The molecule has 0 aromatic heterocycles. The van der Waals surface area contributed by atoms with E-state index in [0.717, 1.165) is 0 Å². The van der Waals surface area contributed by atoms with Crippen molar-refractivity contribution in [1.29, 1.82) is 0 Å². The maximum atomic E-state index is 13.8. The van der Waals surface area contributed by atoms with Gasteiger partial charge in [-0.3, -0.25) is 0 Å². The smallest absolute Gasteiger partial charge is 0.167 e. The second-order valence-electron chi connectivity index (χ2n) is 5.71. The van der Waals surface area contributed by atoms with Crippen molar-refractivity contribution in [3.05, 3.63) is 24.0 Å². The van der Waals surface area contributed by atoms with Crippen LogP contribution in [0.5, 0.6) is 5.75 Å². The number of hydrogen-bond acceptors (Lipinski definition) is 4. The molecular weight excluding hydrogens is 249 g/mol. The highest BCUT2D eigenvalue weighted by molar-refractivity contribution is 5.47. The molecule has 1 unspecified atom stereocenters. The van der Waals surface area contributed by atoms with Gasteiger partial charge in [0.15, 0.2) is 11.6 Å². The largest absolute Gasteiger partial charge is 0.490 e. The van der Waals surface area contributed by atoms with Gasteiger partial charge in [-0.15, -0.1) is 0 Å². The third kappa shape index (κ3) is 5.89. The zero-order valence-electron chi connectivity index (χ0n) is 11.6. The molecule has 0 radical (unpaired) electrons. The average molecular weight is 271 g/mol. The van der Waals surface area contributed by atoms with Crippen molar-refractivity contribution in [2.75, 3.05) is 25.1 Å². The topological polar surface area (TPSA) is 61.7 Å². The van der Waals surface area contributed by atoms with Crippen molar-refractivity contribution in [2.24, 2.45) is 5.41 Å². The molecule has 0 amide bonds. The predicted octanol–water partition coefficient (Wildman–Crippen LogP) is 2.02. The number of ether oxygens (including phenoxy) is 1. The summed E-state index contributed by atoms with van der Waals surface area (Å²) in [6.07, 6.45) is -0.861. The van der Waals surface area contributed by atoms with Crippen LogP contribution < -0.4 is 10.1 Å². The molecule has 0 heterocycles. The van der Waals surface area contributed by atoms with E-state index in [1.54, 1.807) is 12.1 Å². The minimum Gasteiger partial charge on any atom is -0.490 e. The average Bonchev–Trinajstić information content (AvgIpc) is 2.33. The molecule has 0 aliphatic carbocycles. The fourth-order valence-electron chi connectivity index (χ4n) is 1.32. The van der Waals surface area contributed by atoms with Crippen LogP contribution in [0.4, 0.5) is 10.1 Å². The highest BCUT2D eigenvalue weighted by Crippen LogP contribution is 2.23. The Balaban J connectivity index is 2.59. The van der Waals surface area contributed by atoms with Gasteiger partial charge >= 0.3 is 0 Å². The molecular formula is C14H22FNO3. The third-order valence-electron chi connectivity index (χ3n) is 2.35. The highest BCUT2D eigenvalue weighted by Gasteiger charge is 2.13. The van der Waals surface area contributed by atoms with E-state index in [2.05, 4.69) is 5.32 Å². The minimum absolute atomic E-state index is 0.0331. The molecule has 1 rings (SSSR count). The van der Waals surface area contributed by atoms with E-state index < -0.39 is 11.9 Å². The Labute approximate surface area is 113 Å². The summed E-state index contributed by atoms with van der Waals surface area (Å²) in [7, 11) is 0. The van der Waals surface area contributed by atoms with Gasteiger partial charge in [0, 0.05) is 18.3 Å². The summed E-state index contributed by atoms with van der Waals surface area (Å²) in [5, 5.41) is 20.7. The maximum Gasteiger partial charge on any atom is 0.167 e. The summed E-state index contributed by atoms with van der Waals surface area (Å²) in [6, 6.07) is 4.53. The lowest BCUT2D eigenvalue weighted by atomic mass is 9.99. The summed E-state index contributed by atoms with van der Waals surface area (Å²) in [5.41, 5.74) is 0.502. The number of rotatable bonds is 6. The van der Waals surface area contributed by atoms with Gasteiger partial charge in [-0.1, -0.05) is 20.8 Å². The second kappa shape index (κ2) is 6.73. The number of nitrogens with one attached hydrogen (secondary N) is 1. The molecule has 19 heavy (non-hydrogen) atoms. The van der Waals surface area contributed by atoms with E-state index in [1.165, 1.54) is 6.07 Å². The van der Waals surface area contributed by atoms with Gasteiger partial charge < -0.3 is 20.3 Å². The first-order valence-electron chi connectivity index (χ1n) is 6.27. The zero-order chi connectivity index (χ0) is 14.5. The monoisotopic (exact) mass is 271 g/mol. The van der Waals surface area contributed by atoms with Crippen LogP contribution in [0, 0.1) is 11.2 Å². The molecule has 0 spiro atoms. The van der Waals surface area contributed by atoms with E-state index in [0.29, 0.717) is 12.3 Å². The number of anilines is 1. The van der Waals surface area contributed by atoms with Crippen molar-refractivity contribution in [3.63, 3.8) is 0 Å². The standard InChI is InChI=1S/C14H22FNO3/c1-14(2,3)9-19-13-5-4-10(6-12(13)15)16-7-11(18)8-17/h4-6,11,16-18H,7-9H2,1-3H3. The Hall–Kier alpha value is -1.33. The Morgan fingerprint density at radius 1 is 1.37 bits per heavy atom. The van der Waals surface area contributed by atoms with Crippen molar-refractivity contribution in [1.82, 2.24) is 0 Å². The molecule has 4 nitrogen and oxygen atoms in total. The van der Waals surface area contributed by atoms with Crippen molar-refractivity contribution >= 4 is 5.69 Å². The van der Waals surface area contributed by atoms with Crippen LogP contribution in [-0.4, -0.2) is 36.1 Å². The van der Waals surface area contributed by atoms with Gasteiger partial charge in [0.2, 0.25) is 0 Å². The predicted molar refractivity (Wildman–Crippen MR) is 72.9 cm³/mol. The lowest BCUT2D eigenvalue weighted by molar-refractivity contribution is 0.105. The SMILES string of the molecule is CC(C)(C)COc1ccc(NCC(O)CO)cc1F. The van der Waals surface area contributed by atoms with Crippen LogP contribution >= 0.6 is 0 Å². The number of hydrogen-bond donors (Lipinski definition) is 3. The molecule has 108 valence electrons. The van der Waals surface area contributed by atoms with Crippen LogP contribution in [0.15, 0.2) is 18.2 Å². The summed E-state index contributed by atoms with van der Waals surface area (Å²) >= 11 is 0. The summed E-state index contributed by atoms with van der Waals surface area (Å²) in [6.45, 7) is 6.30. The normalized spacial score (nSPS) is 13.2. The van der Waals surface area contributed by atoms with Crippen molar-refractivity contribution < 1.29 is 19.3 Å². The molecule has 1 aromatic carbocycles. The number of aliphatic hydroxyl groups is 2. The first-order valence-corrected chi connectivity index (χ1v) is 6.27. The van der Waals surface area contributed by atoms with Gasteiger partial charge in [-0.25, -0.2) is 4.39 Å². The van der Waals surface area contributed by atoms with Gasteiger partial charge in [0.25, 0.3) is 0 Å². The molecule has 3 N–H and O–H groups in total. The van der Waals surface area contributed by atoms with Crippen LogP contribution in [-0.2, 0) is 0 Å². The molecule has 0 fully saturated rings. The van der Waals surface area contributed by atoms with Gasteiger partial charge in [-0.2, -0.15) is 0 Å². The fourth-order valence-corrected chi connectivity index (χ4v) is 1.32. The lowest BCUT2D eigenvalue weighted by Crippen LogP contribution is -2.23. The second-order valence-corrected chi connectivity index (χ2v) is 5.71. The maximum absolute atomic E-state index is 13.8. The highest BCUT2D eigenvalue weighted by atomic mass is 19.1. The van der Waals surface area contributed by atoms with E-state index in [4.69, 9.17) is 9.84 Å². The fraction of sp³-hybridized carbons (Fsp3) is 0.571. The van der Waals surface area contributed by atoms with Gasteiger partial charge in [0.1, 0.15) is 0 Å². The first kappa shape index (κ1) is 15.7. The summed E-state index contributed by atoms with van der Waals surface area (Å²) in [5.74, 6) is -0.240. The molecule has 1 atom stereocenters. The molecule has 0 aliphatic heterocycles. The van der Waals surface area contributed by atoms with E-state index >= 15 is 0 Å². The molecule has 0 aliphatic rings. The minimum atomic E-state index is -0.861. The van der Waals surface area contributed by atoms with E-state index in [1.807, 2.05) is 20.8 Å². The van der Waals surface area contributed by atoms with Crippen LogP contribution in [0.3, 0.4) is 0 Å². The van der Waals surface area contributed by atoms with Crippen LogP contribution in [0.25, 0.3) is 0 Å². The van der Waals surface area contributed by atoms with E-state index in [9.17, 15) is 9.50 Å². The Morgan fingerprint density at radius 2 is 2.05 bits per heavy atom. The van der Waals surface area contributed by atoms with Crippen molar-refractivity contribution in [2.45, 2.75) is 26.9 Å². The Bertz CT molecular complexity index is 404. The number of halogens is 1. The molecule has 0 saturated carbocycles. The summed E-state index contributed by atoms with van der Waals surface area (Å²) < 4.78 is 19.2. The Morgan fingerprint density at radius 3 is 2.58 bits per heavy atom. The van der Waals surface area contributed by atoms with Gasteiger partial charge in [0.05, 0.1) is 19.3 Å². The molecule has 0 saturated heterocycles. The zero-order valence-corrected chi connectivity index (χ0v) is 11.6. The lowest BCUT2D eigenvalue weighted by Gasteiger charge is -2.19. The van der Waals surface area contributed by atoms with Crippen molar-refractivity contribution in [3.8, 4) is 5.75 Å². The van der Waals surface area contributed by atoms with Gasteiger partial charge in [-0.05, 0) is 17.5 Å². The van der Waals surface area contributed by atoms with Crippen LogP contribution in [0.2, 0.25) is 0 Å².